The third kappa shape index (κ3) is 3.83. The molecule has 0 radical (unpaired) electrons. The van der Waals surface area contributed by atoms with E-state index in [9.17, 15) is 9.59 Å². The van der Waals surface area contributed by atoms with Crippen LogP contribution < -0.4 is 4.90 Å². The minimum absolute atomic E-state index is 0. The van der Waals surface area contributed by atoms with Crippen LogP contribution in [0.2, 0.25) is 0 Å². The van der Waals surface area contributed by atoms with E-state index in [2.05, 4.69) is 45.1 Å². The van der Waals surface area contributed by atoms with Gasteiger partial charge in [0.1, 0.15) is 6.54 Å². The minimum atomic E-state index is -0.573. The summed E-state index contributed by atoms with van der Waals surface area (Å²) < 4.78 is 5.74. The molecular weight excluding hydrogens is 432 g/mol. The summed E-state index contributed by atoms with van der Waals surface area (Å²) in [5, 5.41) is 0. The van der Waals surface area contributed by atoms with Gasteiger partial charge in [-0.1, -0.05) is 59.8 Å². The topological polar surface area (TPSA) is 49.9 Å². The zero-order chi connectivity index (χ0) is 19.7. The van der Waals surface area contributed by atoms with Crippen molar-refractivity contribution in [1.82, 2.24) is 4.90 Å². The molecule has 0 aromatic heterocycles. The molecule has 1 spiro atoms. The van der Waals surface area contributed by atoms with Crippen LogP contribution in [0.4, 0.5) is 5.69 Å². The molecule has 5 nitrogen and oxygen atoms in total. The van der Waals surface area contributed by atoms with Gasteiger partial charge in [-0.05, 0) is 43.6 Å². The van der Waals surface area contributed by atoms with Gasteiger partial charge in [0.25, 0.3) is 0 Å². The third-order valence-electron chi connectivity index (χ3n) is 5.89. The monoisotopic (exact) mass is 458 g/mol. The number of hydrogen-bond acceptors (Lipinski definition) is 4. The van der Waals surface area contributed by atoms with Gasteiger partial charge in [0, 0.05) is 22.3 Å². The summed E-state index contributed by atoms with van der Waals surface area (Å²) in [6, 6.07) is 16.2. The summed E-state index contributed by atoms with van der Waals surface area (Å²) in [4.78, 5) is 29.4. The lowest BCUT2D eigenvalue weighted by Gasteiger charge is -2.38. The first-order chi connectivity index (χ1) is 13.5. The highest BCUT2D eigenvalue weighted by Crippen LogP contribution is 2.50. The number of rotatable bonds is 4. The minimum Gasteiger partial charge on any atom is -0.468 e. The van der Waals surface area contributed by atoms with Gasteiger partial charge < -0.3 is 9.64 Å². The van der Waals surface area contributed by atoms with E-state index in [4.69, 9.17) is 4.74 Å². The van der Waals surface area contributed by atoms with Crippen LogP contribution in [0.25, 0.3) is 0 Å². The molecule has 2 aromatic rings. The molecule has 0 saturated carbocycles. The molecule has 1 saturated heterocycles. The van der Waals surface area contributed by atoms with Crippen molar-refractivity contribution in [2.45, 2.75) is 32.2 Å². The van der Waals surface area contributed by atoms with Crippen LogP contribution in [0.5, 0.6) is 0 Å². The molecule has 0 aliphatic carbocycles. The standard InChI is InChI=1S/C22H23BrN2O3.CH4/c1-28-19(26)15-25-18-9-5-8-17(23)20(18)22(21(25)27)10-12-24(13-11-22)14-16-6-3-2-4-7-16;/h2-9H,10-15H2,1H3;1H4. The highest BCUT2D eigenvalue weighted by atomic mass is 79.9. The maximum atomic E-state index is 13.5. The number of methoxy groups -OCH3 is 1. The maximum absolute atomic E-state index is 13.5. The Bertz CT molecular complexity index is 892. The number of fused-ring (bicyclic) bond motifs is 2. The van der Waals surface area contributed by atoms with Gasteiger partial charge in [-0.3, -0.25) is 14.5 Å². The smallest absolute Gasteiger partial charge is 0.325 e. The first-order valence-corrected chi connectivity index (χ1v) is 10.3. The van der Waals surface area contributed by atoms with Gasteiger partial charge in [-0.2, -0.15) is 0 Å². The van der Waals surface area contributed by atoms with E-state index in [0.29, 0.717) is 0 Å². The molecule has 2 aliphatic rings. The van der Waals surface area contributed by atoms with Crippen molar-refractivity contribution in [3.8, 4) is 0 Å². The molecule has 2 aromatic carbocycles. The van der Waals surface area contributed by atoms with Crippen LogP contribution in [-0.2, 0) is 26.3 Å². The number of nitrogens with zero attached hydrogens (tertiary/aromatic N) is 2. The Morgan fingerprint density at radius 2 is 1.79 bits per heavy atom. The lowest BCUT2D eigenvalue weighted by Crippen LogP contribution is -2.49. The van der Waals surface area contributed by atoms with Crippen molar-refractivity contribution in [1.29, 1.82) is 0 Å². The fourth-order valence-electron chi connectivity index (χ4n) is 4.44. The number of esters is 1. The van der Waals surface area contributed by atoms with Crippen LogP contribution in [0, 0.1) is 0 Å². The van der Waals surface area contributed by atoms with Crippen LogP contribution >= 0.6 is 15.9 Å². The molecule has 0 atom stereocenters. The fraction of sp³-hybridized carbons (Fsp3) is 0.391. The van der Waals surface area contributed by atoms with Crippen molar-refractivity contribution >= 4 is 33.5 Å². The lowest BCUT2D eigenvalue weighted by atomic mass is 9.73. The SMILES string of the molecule is C.COC(=O)CN1C(=O)C2(CCN(Cc3ccccc3)CC2)c2c(Br)cccc21. The molecule has 2 heterocycles. The number of hydrogen-bond donors (Lipinski definition) is 0. The Morgan fingerprint density at radius 3 is 2.45 bits per heavy atom. The van der Waals surface area contributed by atoms with Gasteiger partial charge in [0.15, 0.2) is 0 Å². The van der Waals surface area contributed by atoms with E-state index >= 15 is 0 Å². The second kappa shape index (κ2) is 8.67. The van der Waals surface area contributed by atoms with Gasteiger partial charge in [-0.25, -0.2) is 0 Å². The number of piperidine rings is 1. The second-order valence-electron chi connectivity index (χ2n) is 7.45. The lowest BCUT2D eigenvalue weighted by molar-refractivity contribution is -0.140. The molecule has 1 fully saturated rings. The van der Waals surface area contributed by atoms with Crippen molar-refractivity contribution in [2.75, 3.05) is 31.6 Å². The predicted octanol–water partition coefficient (Wildman–Crippen LogP) is 4.14. The summed E-state index contributed by atoms with van der Waals surface area (Å²) in [6.45, 7) is 2.52. The van der Waals surface area contributed by atoms with E-state index in [1.807, 2.05) is 24.3 Å². The Morgan fingerprint density at radius 1 is 1.10 bits per heavy atom. The largest absolute Gasteiger partial charge is 0.468 e. The molecule has 4 rings (SSSR count). The Kier molecular flexibility index (Phi) is 6.44. The molecule has 6 heteroatoms. The zero-order valence-electron chi connectivity index (χ0n) is 15.9. The Labute approximate surface area is 180 Å². The van der Waals surface area contributed by atoms with E-state index < -0.39 is 11.4 Å². The number of halogens is 1. The van der Waals surface area contributed by atoms with Crippen molar-refractivity contribution in [3.05, 3.63) is 64.1 Å². The zero-order valence-corrected chi connectivity index (χ0v) is 17.4. The number of amides is 1. The molecule has 0 N–H and O–H groups in total. The highest BCUT2D eigenvalue weighted by Gasteiger charge is 2.53. The van der Waals surface area contributed by atoms with E-state index in [-0.39, 0.29) is 19.9 Å². The number of anilines is 1. The molecule has 0 bridgehead atoms. The van der Waals surface area contributed by atoms with Crippen LogP contribution in [0.1, 0.15) is 31.4 Å². The van der Waals surface area contributed by atoms with E-state index in [1.54, 1.807) is 4.90 Å². The predicted molar refractivity (Wildman–Crippen MR) is 118 cm³/mol. The molecule has 1 amide bonds. The highest BCUT2D eigenvalue weighted by molar-refractivity contribution is 9.10. The van der Waals surface area contributed by atoms with Crippen LogP contribution in [0.15, 0.2) is 53.0 Å². The number of carbonyl (C=O) groups excluding carboxylic acids is 2. The normalized spacial score (nSPS) is 17.7. The molecular formula is C23H27BrN2O3. The number of likely N-dealkylation sites (tertiary alicyclic amines) is 1. The molecule has 2 aliphatic heterocycles. The summed E-state index contributed by atoms with van der Waals surface area (Å²) in [7, 11) is 1.35. The quantitative estimate of drug-likeness (QED) is 0.645. The molecule has 0 unspecified atom stereocenters. The average Bonchev–Trinajstić information content (AvgIpc) is 2.94. The van der Waals surface area contributed by atoms with Crippen LogP contribution in [0.3, 0.4) is 0 Å². The molecule has 29 heavy (non-hydrogen) atoms. The summed E-state index contributed by atoms with van der Waals surface area (Å²) >= 11 is 3.66. The number of carbonyl (C=O) groups is 2. The first kappa shape index (κ1) is 21.5. The summed E-state index contributed by atoms with van der Waals surface area (Å²) in [6.07, 6.45) is 1.48. The Hall–Kier alpha value is -2.18. The van der Waals surface area contributed by atoms with Crippen LogP contribution in [-0.4, -0.2) is 43.5 Å². The van der Waals surface area contributed by atoms with Gasteiger partial charge in [0.05, 0.1) is 12.5 Å². The second-order valence-corrected chi connectivity index (χ2v) is 8.30. The van der Waals surface area contributed by atoms with Crippen molar-refractivity contribution in [3.63, 3.8) is 0 Å². The third-order valence-corrected chi connectivity index (χ3v) is 6.55. The summed E-state index contributed by atoms with van der Waals surface area (Å²) in [5.41, 5.74) is 2.55. The average molecular weight is 459 g/mol. The number of benzene rings is 2. The van der Waals surface area contributed by atoms with Gasteiger partial charge in [-0.15, -0.1) is 0 Å². The van der Waals surface area contributed by atoms with E-state index in [0.717, 1.165) is 48.2 Å². The maximum Gasteiger partial charge on any atom is 0.325 e. The number of ether oxygens (including phenoxy) is 1. The van der Waals surface area contributed by atoms with Gasteiger partial charge >= 0.3 is 5.97 Å². The first-order valence-electron chi connectivity index (χ1n) is 9.49. The van der Waals surface area contributed by atoms with Crippen molar-refractivity contribution in [2.24, 2.45) is 0 Å². The van der Waals surface area contributed by atoms with Gasteiger partial charge in [0.2, 0.25) is 5.91 Å². The summed E-state index contributed by atoms with van der Waals surface area (Å²) in [5.74, 6) is -0.392. The Balaban J connectivity index is 0.00000240. The van der Waals surface area contributed by atoms with Crippen molar-refractivity contribution < 1.29 is 14.3 Å². The molecule has 154 valence electrons. The van der Waals surface area contributed by atoms with E-state index in [1.165, 1.54) is 12.7 Å². The fourth-order valence-corrected chi connectivity index (χ4v) is 5.17.